The first kappa shape index (κ1) is 55.8. The van der Waals surface area contributed by atoms with E-state index in [1.54, 1.807) is 0 Å². The first-order valence-corrected chi connectivity index (χ1v) is 25.1. The highest BCUT2D eigenvalue weighted by atomic mass is 31.2. The number of allylic oxidation sites excluding steroid dienone is 10. The maximum absolute atomic E-state index is 12.5. The fourth-order valence-electron chi connectivity index (χ4n) is 6.59. The number of phosphoric ester groups is 1. The second-order valence-corrected chi connectivity index (χ2v) is 16.9. The molecule has 2 N–H and O–H groups in total. The summed E-state index contributed by atoms with van der Waals surface area (Å²) >= 11 is 0. The summed E-state index contributed by atoms with van der Waals surface area (Å²) in [5.41, 5.74) is 0. The van der Waals surface area contributed by atoms with E-state index in [2.05, 4.69) is 73.1 Å². The Morgan fingerprint density at radius 1 is 0.466 bits per heavy atom. The van der Waals surface area contributed by atoms with Crippen LogP contribution in [-0.2, 0) is 28.2 Å². The van der Waals surface area contributed by atoms with Crippen molar-refractivity contribution in [3.63, 3.8) is 0 Å². The van der Waals surface area contributed by atoms with Crippen molar-refractivity contribution in [3.8, 4) is 0 Å². The highest BCUT2D eigenvalue weighted by Gasteiger charge is 2.22. The van der Waals surface area contributed by atoms with Gasteiger partial charge in [-0.1, -0.05) is 216 Å². The molecule has 0 radical (unpaired) electrons. The van der Waals surface area contributed by atoms with Gasteiger partial charge in [-0.3, -0.25) is 14.1 Å². The number of unbranched alkanes of at least 4 members (excludes halogenated alkanes) is 23. The summed E-state index contributed by atoms with van der Waals surface area (Å²) < 4.78 is 26.4. The van der Waals surface area contributed by atoms with Crippen LogP contribution in [0.3, 0.4) is 0 Å². The number of phosphoric acid groups is 1. The number of carbonyl (C=O) groups is 2. The first-order valence-electron chi connectivity index (χ1n) is 23.6. The lowest BCUT2D eigenvalue weighted by atomic mass is 10.0. The zero-order valence-electron chi connectivity index (χ0n) is 37.2. The number of rotatable bonds is 43. The van der Waals surface area contributed by atoms with Gasteiger partial charge in [-0.25, -0.2) is 4.57 Å². The standard InChI is InChI=1S/C49H87O8P/c1-3-5-7-9-11-13-15-17-19-21-22-23-24-25-26-28-30-32-34-36-38-40-42-44-49(51)57-47(46-56-58(52,53)54)45-55-48(50)43-41-39-37-35-33-31-29-27-20-18-16-14-12-10-8-6-4-2/h6,8,12,14,18,20,29,31,35,37,47H,3-5,7,9-11,13,15-17,19,21-28,30,32-34,36,38-46H2,1-2H3,(H2,52,53,54)/b8-6+,14-12+,20-18+,31-29+,37-35+/t47-/m1/s1. The molecule has 8 nitrogen and oxygen atoms in total. The van der Waals surface area contributed by atoms with E-state index in [4.69, 9.17) is 19.3 Å². The molecule has 0 unspecified atom stereocenters. The molecule has 0 aromatic heterocycles. The van der Waals surface area contributed by atoms with Gasteiger partial charge in [-0.15, -0.1) is 0 Å². The van der Waals surface area contributed by atoms with Crippen LogP contribution in [0.25, 0.3) is 0 Å². The van der Waals surface area contributed by atoms with Gasteiger partial charge in [0.15, 0.2) is 6.10 Å². The van der Waals surface area contributed by atoms with Crippen LogP contribution in [0, 0.1) is 0 Å². The lowest BCUT2D eigenvalue weighted by Gasteiger charge is -2.18. The van der Waals surface area contributed by atoms with Crippen molar-refractivity contribution in [2.45, 2.75) is 225 Å². The summed E-state index contributed by atoms with van der Waals surface area (Å²) in [5, 5.41) is 0. The molecular weight excluding hydrogens is 748 g/mol. The summed E-state index contributed by atoms with van der Waals surface area (Å²) in [5.74, 6) is -0.948. The summed E-state index contributed by atoms with van der Waals surface area (Å²) in [6.45, 7) is 3.55. The Morgan fingerprint density at radius 2 is 0.828 bits per heavy atom. The predicted octanol–water partition coefficient (Wildman–Crippen LogP) is 14.9. The zero-order chi connectivity index (χ0) is 42.5. The van der Waals surface area contributed by atoms with E-state index >= 15 is 0 Å². The molecule has 0 heterocycles. The van der Waals surface area contributed by atoms with Crippen LogP contribution < -0.4 is 0 Å². The van der Waals surface area contributed by atoms with Gasteiger partial charge in [0.25, 0.3) is 0 Å². The van der Waals surface area contributed by atoms with Crippen molar-refractivity contribution in [3.05, 3.63) is 60.8 Å². The number of ether oxygens (including phenoxy) is 2. The Hall–Kier alpha value is -2.25. The molecule has 0 fully saturated rings. The van der Waals surface area contributed by atoms with Gasteiger partial charge in [0.1, 0.15) is 6.61 Å². The van der Waals surface area contributed by atoms with E-state index in [9.17, 15) is 14.2 Å². The lowest BCUT2D eigenvalue weighted by molar-refractivity contribution is -0.161. The minimum atomic E-state index is -4.77. The van der Waals surface area contributed by atoms with E-state index in [0.717, 1.165) is 57.8 Å². The number of carbonyl (C=O) groups excluding carboxylic acids is 2. The minimum Gasteiger partial charge on any atom is -0.462 e. The van der Waals surface area contributed by atoms with Crippen molar-refractivity contribution in [2.24, 2.45) is 0 Å². The first-order chi connectivity index (χ1) is 28.3. The second-order valence-electron chi connectivity index (χ2n) is 15.7. The van der Waals surface area contributed by atoms with Gasteiger partial charge in [-0.05, 0) is 51.4 Å². The van der Waals surface area contributed by atoms with Crippen LogP contribution >= 0.6 is 7.82 Å². The monoisotopic (exact) mass is 835 g/mol. The molecule has 0 aliphatic carbocycles. The van der Waals surface area contributed by atoms with Gasteiger partial charge in [0.2, 0.25) is 0 Å². The molecule has 0 aromatic rings. The van der Waals surface area contributed by atoms with Gasteiger partial charge < -0.3 is 19.3 Å². The normalized spacial score (nSPS) is 13.0. The van der Waals surface area contributed by atoms with Crippen LogP contribution in [0.5, 0.6) is 0 Å². The van der Waals surface area contributed by atoms with Crippen LogP contribution in [0.1, 0.15) is 219 Å². The number of hydrogen-bond donors (Lipinski definition) is 2. The van der Waals surface area contributed by atoms with Gasteiger partial charge >= 0.3 is 19.8 Å². The molecule has 0 aromatic carbocycles. The Morgan fingerprint density at radius 3 is 1.22 bits per heavy atom. The van der Waals surface area contributed by atoms with E-state index < -0.39 is 32.5 Å². The Balaban J connectivity index is 3.89. The molecule has 1 atom stereocenters. The van der Waals surface area contributed by atoms with E-state index in [1.807, 2.05) is 6.08 Å². The molecule has 0 bridgehead atoms. The maximum Gasteiger partial charge on any atom is 0.469 e. The molecule has 58 heavy (non-hydrogen) atoms. The molecule has 336 valence electrons. The van der Waals surface area contributed by atoms with Gasteiger partial charge in [0, 0.05) is 12.8 Å². The molecule has 0 aliphatic rings. The van der Waals surface area contributed by atoms with Crippen molar-refractivity contribution in [2.75, 3.05) is 13.2 Å². The third kappa shape index (κ3) is 46.4. The van der Waals surface area contributed by atoms with E-state index in [1.165, 1.54) is 122 Å². The summed E-state index contributed by atoms with van der Waals surface area (Å²) in [6.07, 6.45) is 56.8. The molecular formula is C49H87O8P. The Labute approximate surface area is 356 Å². The van der Waals surface area contributed by atoms with Crippen LogP contribution in [0.4, 0.5) is 0 Å². The average Bonchev–Trinajstić information content (AvgIpc) is 3.20. The molecule has 0 aliphatic heterocycles. The number of esters is 2. The Bertz CT molecular complexity index is 1120. The molecule has 0 amide bonds. The summed E-state index contributed by atoms with van der Waals surface area (Å²) in [7, 11) is -4.77. The zero-order valence-corrected chi connectivity index (χ0v) is 38.1. The maximum atomic E-state index is 12.5. The molecule has 0 saturated heterocycles. The average molecular weight is 835 g/mol. The molecule has 0 saturated carbocycles. The molecule has 0 rings (SSSR count). The van der Waals surface area contributed by atoms with Gasteiger partial charge in [0.05, 0.1) is 6.61 Å². The largest absolute Gasteiger partial charge is 0.469 e. The molecule has 9 heteroatoms. The highest BCUT2D eigenvalue weighted by molar-refractivity contribution is 7.46. The Kier molecular flexibility index (Phi) is 42.6. The van der Waals surface area contributed by atoms with Crippen molar-refractivity contribution >= 4 is 19.8 Å². The minimum absolute atomic E-state index is 0.188. The second kappa shape index (κ2) is 44.3. The fraction of sp³-hybridized carbons (Fsp3) is 0.755. The van der Waals surface area contributed by atoms with Crippen LogP contribution in [0.15, 0.2) is 60.8 Å². The topological polar surface area (TPSA) is 119 Å². The third-order valence-corrected chi connectivity index (χ3v) is 10.5. The van der Waals surface area contributed by atoms with Crippen molar-refractivity contribution in [1.82, 2.24) is 0 Å². The highest BCUT2D eigenvalue weighted by Crippen LogP contribution is 2.36. The van der Waals surface area contributed by atoms with Crippen LogP contribution in [0.2, 0.25) is 0 Å². The lowest BCUT2D eigenvalue weighted by Crippen LogP contribution is -2.29. The van der Waals surface area contributed by atoms with Crippen molar-refractivity contribution < 1.29 is 37.9 Å². The van der Waals surface area contributed by atoms with Crippen LogP contribution in [-0.4, -0.2) is 41.0 Å². The van der Waals surface area contributed by atoms with E-state index in [0.29, 0.717) is 12.8 Å². The quantitative estimate of drug-likeness (QED) is 0.0270. The third-order valence-electron chi connectivity index (χ3n) is 10.1. The molecule has 0 spiro atoms. The summed E-state index contributed by atoms with van der Waals surface area (Å²) in [4.78, 5) is 43.0. The SMILES string of the molecule is CC/C=C/C/C=C/C/C=C/C/C=C/C/C=C/CCCC(=O)OC[C@H](COP(=O)(O)O)OC(=O)CCCCCCCCCCCCCCCCCCCCCCCCC. The summed E-state index contributed by atoms with van der Waals surface area (Å²) in [6, 6.07) is 0. The van der Waals surface area contributed by atoms with E-state index in [-0.39, 0.29) is 19.4 Å². The van der Waals surface area contributed by atoms with Crippen molar-refractivity contribution in [1.29, 1.82) is 0 Å². The smallest absolute Gasteiger partial charge is 0.462 e. The number of hydrogen-bond acceptors (Lipinski definition) is 6. The predicted molar refractivity (Wildman–Crippen MR) is 244 cm³/mol. The fourth-order valence-corrected chi connectivity index (χ4v) is 6.95. The van der Waals surface area contributed by atoms with Gasteiger partial charge in [-0.2, -0.15) is 0 Å².